The second-order valence-electron chi connectivity index (χ2n) is 8.38. The Kier molecular flexibility index (Phi) is 8.01. The molecule has 0 spiro atoms. The van der Waals surface area contributed by atoms with Gasteiger partial charge in [-0.05, 0) is 38.3 Å². The van der Waals surface area contributed by atoms with Crippen LogP contribution in [0.3, 0.4) is 0 Å². The van der Waals surface area contributed by atoms with Gasteiger partial charge < -0.3 is 9.80 Å². The molecule has 2 fully saturated rings. The first kappa shape index (κ1) is 25.4. The number of amides is 2. The fraction of sp³-hybridized carbons (Fsp3) is 0.619. The molecule has 3 rings (SSSR count). The predicted molar refractivity (Wildman–Crippen MR) is 115 cm³/mol. The number of carbonyl (C=O) groups is 2. The maximum Gasteiger partial charge on any atom is 0.417 e. The summed E-state index contributed by atoms with van der Waals surface area (Å²) in [5.41, 5.74) is -1.29. The van der Waals surface area contributed by atoms with Gasteiger partial charge in [0.2, 0.25) is 21.8 Å². The molecule has 33 heavy (non-hydrogen) atoms. The van der Waals surface area contributed by atoms with Gasteiger partial charge in [0.25, 0.3) is 0 Å². The van der Waals surface area contributed by atoms with Crippen molar-refractivity contribution in [2.45, 2.75) is 43.3 Å². The fourth-order valence-corrected chi connectivity index (χ4v) is 5.54. The van der Waals surface area contributed by atoms with E-state index in [1.165, 1.54) is 17.9 Å². The number of nitrogens with zero attached hydrogens (tertiary/aromatic N) is 3. The number of halogens is 3. The molecule has 1 N–H and O–H groups in total. The molecule has 2 amide bonds. The SMILES string of the molecule is C[C@H](NS(=O)(=O)c1ccccc1C(F)(F)F)C(=O)N1CCN(CC(=O)N2CCCCC2)CC1. The summed E-state index contributed by atoms with van der Waals surface area (Å²) in [5.74, 6) is -0.455. The van der Waals surface area contributed by atoms with Gasteiger partial charge >= 0.3 is 6.18 Å². The number of hydrogen-bond donors (Lipinski definition) is 1. The molecule has 0 saturated carbocycles. The van der Waals surface area contributed by atoms with E-state index in [0.29, 0.717) is 32.2 Å². The summed E-state index contributed by atoms with van der Waals surface area (Å²) in [6.45, 7) is 4.65. The average molecular weight is 491 g/mol. The molecule has 1 aromatic rings. The van der Waals surface area contributed by atoms with Crippen molar-refractivity contribution in [3.63, 3.8) is 0 Å². The average Bonchev–Trinajstić information content (AvgIpc) is 2.79. The monoisotopic (exact) mass is 490 g/mol. The first-order valence-corrected chi connectivity index (χ1v) is 12.4. The van der Waals surface area contributed by atoms with Gasteiger partial charge in [0, 0.05) is 39.3 Å². The van der Waals surface area contributed by atoms with Crippen LogP contribution in [0.2, 0.25) is 0 Å². The summed E-state index contributed by atoms with van der Waals surface area (Å²) in [7, 11) is -4.57. The third kappa shape index (κ3) is 6.45. The van der Waals surface area contributed by atoms with E-state index >= 15 is 0 Å². The Balaban J connectivity index is 1.55. The molecule has 0 aliphatic carbocycles. The highest BCUT2D eigenvalue weighted by molar-refractivity contribution is 7.89. The van der Waals surface area contributed by atoms with Crippen LogP contribution >= 0.6 is 0 Å². The second kappa shape index (κ2) is 10.4. The number of piperidine rings is 1. The number of nitrogens with one attached hydrogen (secondary N) is 1. The lowest BCUT2D eigenvalue weighted by molar-refractivity contribution is -0.140. The Morgan fingerprint density at radius 2 is 1.58 bits per heavy atom. The Morgan fingerprint density at radius 3 is 2.18 bits per heavy atom. The van der Waals surface area contributed by atoms with Gasteiger partial charge in [-0.25, -0.2) is 8.42 Å². The molecular weight excluding hydrogens is 461 g/mol. The molecule has 1 aromatic carbocycles. The third-order valence-corrected chi connectivity index (χ3v) is 7.53. The minimum absolute atomic E-state index is 0.0685. The van der Waals surface area contributed by atoms with Crippen molar-refractivity contribution < 1.29 is 31.2 Å². The van der Waals surface area contributed by atoms with Gasteiger partial charge in [0.15, 0.2) is 0 Å². The standard InChI is InChI=1S/C21H29F3N4O4S/c1-16(25-33(31,32)18-8-4-3-7-17(18)21(22,23)24)20(30)28-13-11-26(12-14-28)15-19(29)27-9-5-2-6-10-27/h3-4,7-8,16,25H,2,5-6,9-15H2,1H3/t16-/m0/s1. The molecule has 0 bridgehead atoms. The number of hydrogen-bond acceptors (Lipinski definition) is 5. The lowest BCUT2D eigenvalue weighted by Gasteiger charge is -2.37. The number of sulfonamides is 1. The van der Waals surface area contributed by atoms with E-state index in [2.05, 4.69) is 4.72 Å². The lowest BCUT2D eigenvalue weighted by atomic mass is 10.1. The number of piperazine rings is 1. The predicted octanol–water partition coefficient (Wildman–Crippen LogP) is 1.53. The molecular formula is C21H29F3N4O4S. The van der Waals surface area contributed by atoms with E-state index in [-0.39, 0.29) is 12.5 Å². The van der Waals surface area contributed by atoms with Crippen LogP contribution < -0.4 is 4.72 Å². The van der Waals surface area contributed by atoms with Crippen molar-refractivity contribution in [2.24, 2.45) is 0 Å². The summed E-state index contributed by atoms with van der Waals surface area (Å²) in [5, 5.41) is 0. The van der Waals surface area contributed by atoms with Crippen molar-refractivity contribution in [1.82, 2.24) is 19.4 Å². The molecule has 12 heteroatoms. The molecule has 0 aromatic heterocycles. The summed E-state index contributed by atoms with van der Waals surface area (Å²) >= 11 is 0. The van der Waals surface area contributed by atoms with Crippen LogP contribution in [0, 0.1) is 0 Å². The highest BCUT2D eigenvalue weighted by Gasteiger charge is 2.38. The number of rotatable bonds is 6. The van der Waals surface area contributed by atoms with E-state index in [9.17, 15) is 31.2 Å². The molecule has 2 heterocycles. The maximum absolute atomic E-state index is 13.2. The van der Waals surface area contributed by atoms with Gasteiger partial charge in [-0.3, -0.25) is 14.5 Å². The summed E-state index contributed by atoms with van der Waals surface area (Å²) in [6.07, 6.45) is -1.70. The van der Waals surface area contributed by atoms with Crippen molar-refractivity contribution >= 4 is 21.8 Å². The van der Waals surface area contributed by atoms with Crippen LogP contribution in [-0.2, 0) is 25.8 Å². The molecule has 0 unspecified atom stereocenters. The zero-order valence-electron chi connectivity index (χ0n) is 18.5. The maximum atomic E-state index is 13.2. The van der Waals surface area contributed by atoms with E-state index < -0.39 is 38.6 Å². The van der Waals surface area contributed by atoms with Crippen LogP contribution in [0.25, 0.3) is 0 Å². The van der Waals surface area contributed by atoms with Crippen LogP contribution in [0.1, 0.15) is 31.7 Å². The van der Waals surface area contributed by atoms with Gasteiger partial charge in [-0.2, -0.15) is 17.9 Å². The quantitative estimate of drug-likeness (QED) is 0.653. The van der Waals surface area contributed by atoms with E-state index in [0.717, 1.165) is 44.5 Å². The summed E-state index contributed by atoms with van der Waals surface area (Å²) < 4.78 is 66.9. The Hall–Kier alpha value is -2.18. The molecule has 8 nitrogen and oxygen atoms in total. The van der Waals surface area contributed by atoms with Crippen LogP contribution in [-0.4, -0.2) is 86.8 Å². The first-order valence-electron chi connectivity index (χ1n) is 11.0. The molecule has 184 valence electrons. The van der Waals surface area contributed by atoms with Gasteiger partial charge in [-0.1, -0.05) is 12.1 Å². The highest BCUT2D eigenvalue weighted by Crippen LogP contribution is 2.33. The zero-order valence-corrected chi connectivity index (χ0v) is 19.3. The van der Waals surface area contributed by atoms with E-state index in [4.69, 9.17) is 0 Å². The molecule has 2 saturated heterocycles. The normalized spacial score (nSPS) is 19.4. The van der Waals surface area contributed by atoms with E-state index in [1.54, 1.807) is 0 Å². The van der Waals surface area contributed by atoms with E-state index in [1.807, 2.05) is 9.80 Å². The largest absolute Gasteiger partial charge is 0.417 e. The first-order chi connectivity index (χ1) is 15.5. The fourth-order valence-electron chi connectivity index (χ4n) is 4.12. The third-order valence-electron chi connectivity index (χ3n) is 5.94. The number of alkyl halides is 3. The Bertz CT molecular complexity index is 957. The van der Waals surface area contributed by atoms with Crippen molar-refractivity contribution in [3.05, 3.63) is 29.8 Å². The van der Waals surface area contributed by atoms with Crippen molar-refractivity contribution in [1.29, 1.82) is 0 Å². The van der Waals surface area contributed by atoms with Crippen LogP contribution in [0.5, 0.6) is 0 Å². The smallest absolute Gasteiger partial charge is 0.342 e. The van der Waals surface area contributed by atoms with Gasteiger partial charge in [-0.15, -0.1) is 0 Å². The lowest BCUT2D eigenvalue weighted by Crippen LogP contribution is -2.55. The topological polar surface area (TPSA) is 90.0 Å². The zero-order chi connectivity index (χ0) is 24.2. The van der Waals surface area contributed by atoms with Gasteiger partial charge in [0.05, 0.1) is 23.0 Å². The second-order valence-corrected chi connectivity index (χ2v) is 10.1. The van der Waals surface area contributed by atoms with Gasteiger partial charge in [0.1, 0.15) is 0 Å². The number of carbonyl (C=O) groups excluding carboxylic acids is 2. The minimum Gasteiger partial charge on any atom is -0.342 e. The molecule has 0 radical (unpaired) electrons. The summed E-state index contributed by atoms with van der Waals surface area (Å²) in [6, 6.07) is 2.61. The highest BCUT2D eigenvalue weighted by atomic mass is 32.2. The number of likely N-dealkylation sites (tertiary alicyclic amines) is 1. The summed E-state index contributed by atoms with van der Waals surface area (Å²) in [4.78, 5) is 29.5. The van der Waals surface area contributed by atoms with Crippen LogP contribution in [0.4, 0.5) is 13.2 Å². The Morgan fingerprint density at radius 1 is 0.970 bits per heavy atom. The molecule has 1 atom stereocenters. The minimum atomic E-state index is -4.85. The molecule has 2 aliphatic rings. The Labute approximate surface area is 191 Å². The van der Waals surface area contributed by atoms with Crippen molar-refractivity contribution in [3.8, 4) is 0 Å². The molecule has 2 aliphatic heterocycles. The number of benzene rings is 1. The van der Waals surface area contributed by atoms with Crippen molar-refractivity contribution in [2.75, 3.05) is 45.8 Å². The van der Waals surface area contributed by atoms with Crippen LogP contribution in [0.15, 0.2) is 29.2 Å².